The van der Waals surface area contributed by atoms with Crippen LogP contribution in [0, 0.1) is 6.92 Å². The summed E-state index contributed by atoms with van der Waals surface area (Å²) in [7, 11) is 0. The number of hydrogen-bond donors (Lipinski definition) is 1. The van der Waals surface area contributed by atoms with Gasteiger partial charge in [0.2, 0.25) is 0 Å². The summed E-state index contributed by atoms with van der Waals surface area (Å²) < 4.78 is 0. The van der Waals surface area contributed by atoms with Gasteiger partial charge >= 0.3 is 5.97 Å². The van der Waals surface area contributed by atoms with E-state index in [4.69, 9.17) is 5.11 Å². The molecule has 0 aliphatic carbocycles. The summed E-state index contributed by atoms with van der Waals surface area (Å²) in [4.78, 5) is 14.4. The van der Waals surface area contributed by atoms with Crippen molar-refractivity contribution in [2.75, 3.05) is 0 Å². The predicted octanol–water partition coefficient (Wildman–Crippen LogP) is 1.65. The minimum Gasteiger partial charge on any atom is -0.477 e. The highest BCUT2D eigenvalue weighted by molar-refractivity contribution is 5.85. The van der Waals surface area contributed by atoms with Gasteiger partial charge in [0.1, 0.15) is 5.69 Å². The SMILES string of the molecule is CCc1cc(C)nc(C(=O)O)c1. The van der Waals surface area contributed by atoms with Crippen molar-refractivity contribution in [3.8, 4) is 0 Å². The average Bonchev–Trinajstić information content (AvgIpc) is 2.03. The van der Waals surface area contributed by atoms with Gasteiger partial charge in [-0.05, 0) is 31.0 Å². The lowest BCUT2D eigenvalue weighted by atomic mass is 10.1. The Kier molecular flexibility index (Phi) is 2.43. The molecule has 12 heavy (non-hydrogen) atoms. The fourth-order valence-electron chi connectivity index (χ4n) is 1.05. The van der Waals surface area contributed by atoms with Gasteiger partial charge in [-0.3, -0.25) is 0 Å². The average molecular weight is 165 g/mol. The number of hydrogen-bond acceptors (Lipinski definition) is 2. The number of carboxylic acids is 1. The Hall–Kier alpha value is -1.38. The fraction of sp³-hybridized carbons (Fsp3) is 0.333. The van der Waals surface area contributed by atoms with Crippen LogP contribution in [0.5, 0.6) is 0 Å². The fourth-order valence-corrected chi connectivity index (χ4v) is 1.05. The van der Waals surface area contributed by atoms with Gasteiger partial charge in [-0.25, -0.2) is 9.78 Å². The van der Waals surface area contributed by atoms with Crippen molar-refractivity contribution >= 4 is 5.97 Å². The number of rotatable bonds is 2. The van der Waals surface area contributed by atoms with E-state index in [0.717, 1.165) is 17.7 Å². The molecule has 0 aliphatic rings. The number of aromatic carboxylic acids is 1. The lowest BCUT2D eigenvalue weighted by Crippen LogP contribution is -2.02. The van der Waals surface area contributed by atoms with Crippen LogP contribution in [0.1, 0.15) is 28.7 Å². The van der Waals surface area contributed by atoms with Crippen LogP contribution in [-0.2, 0) is 6.42 Å². The van der Waals surface area contributed by atoms with Crippen LogP contribution in [0.25, 0.3) is 0 Å². The van der Waals surface area contributed by atoms with Crippen molar-refractivity contribution in [1.82, 2.24) is 4.98 Å². The lowest BCUT2D eigenvalue weighted by molar-refractivity contribution is 0.0690. The molecule has 1 heterocycles. The second-order valence-corrected chi connectivity index (χ2v) is 2.66. The molecule has 0 fully saturated rings. The van der Waals surface area contributed by atoms with Gasteiger partial charge in [0, 0.05) is 5.69 Å². The molecule has 0 aliphatic heterocycles. The van der Waals surface area contributed by atoms with Crippen LogP contribution in [0.4, 0.5) is 0 Å². The number of carboxylic acid groups (broad SMARTS) is 1. The molecule has 0 radical (unpaired) electrons. The van der Waals surface area contributed by atoms with Crippen LogP contribution >= 0.6 is 0 Å². The first-order valence-electron chi connectivity index (χ1n) is 3.84. The van der Waals surface area contributed by atoms with Crippen molar-refractivity contribution in [1.29, 1.82) is 0 Å². The Morgan fingerprint density at radius 3 is 2.75 bits per heavy atom. The predicted molar refractivity (Wildman–Crippen MR) is 45.3 cm³/mol. The van der Waals surface area contributed by atoms with Gasteiger partial charge in [0.15, 0.2) is 0 Å². The highest BCUT2D eigenvalue weighted by Crippen LogP contribution is 2.06. The smallest absolute Gasteiger partial charge is 0.354 e. The molecule has 0 aromatic carbocycles. The molecule has 0 bridgehead atoms. The number of aromatic nitrogens is 1. The zero-order valence-electron chi connectivity index (χ0n) is 7.16. The second-order valence-electron chi connectivity index (χ2n) is 2.66. The molecule has 1 rings (SSSR count). The Morgan fingerprint density at radius 2 is 2.25 bits per heavy atom. The van der Waals surface area contributed by atoms with Crippen molar-refractivity contribution in [3.63, 3.8) is 0 Å². The maximum Gasteiger partial charge on any atom is 0.354 e. The summed E-state index contributed by atoms with van der Waals surface area (Å²) in [5.41, 5.74) is 1.90. The van der Waals surface area contributed by atoms with E-state index in [9.17, 15) is 4.79 Å². The molecule has 0 spiro atoms. The molecular formula is C9H11NO2. The minimum atomic E-state index is -0.964. The molecule has 64 valence electrons. The maximum atomic E-state index is 10.6. The van der Waals surface area contributed by atoms with E-state index in [1.807, 2.05) is 13.0 Å². The molecule has 1 N–H and O–H groups in total. The Labute approximate surface area is 71.1 Å². The monoisotopic (exact) mass is 165 g/mol. The van der Waals surface area contributed by atoms with E-state index in [1.54, 1.807) is 13.0 Å². The minimum absolute atomic E-state index is 0.131. The molecule has 3 heteroatoms. The quantitative estimate of drug-likeness (QED) is 0.724. The Bertz CT molecular complexity index is 307. The summed E-state index contributed by atoms with van der Waals surface area (Å²) in [5, 5.41) is 8.67. The van der Waals surface area contributed by atoms with Gasteiger partial charge in [0.05, 0.1) is 0 Å². The topological polar surface area (TPSA) is 50.2 Å². The third-order valence-electron chi connectivity index (χ3n) is 1.64. The van der Waals surface area contributed by atoms with Gasteiger partial charge in [-0.2, -0.15) is 0 Å². The Balaban J connectivity index is 3.15. The number of pyridine rings is 1. The van der Waals surface area contributed by atoms with E-state index in [2.05, 4.69) is 4.98 Å². The van der Waals surface area contributed by atoms with E-state index < -0.39 is 5.97 Å². The highest BCUT2D eigenvalue weighted by atomic mass is 16.4. The normalized spacial score (nSPS) is 9.83. The molecule has 1 aromatic heterocycles. The van der Waals surface area contributed by atoms with Crippen LogP contribution in [0.15, 0.2) is 12.1 Å². The summed E-state index contributed by atoms with van der Waals surface area (Å²) in [6, 6.07) is 3.50. The third kappa shape index (κ3) is 1.81. The molecule has 0 saturated carbocycles. The van der Waals surface area contributed by atoms with E-state index in [-0.39, 0.29) is 5.69 Å². The van der Waals surface area contributed by atoms with Gasteiger partial charge in [0.25, 0.3) is 0 Å². The van der Waals surface area contributed by atoms with E-state index >= 15 is 0 Å². The lowest BCUT2D eigenvalue weighted by Gasteiger charge is -2.00. The molecular weight excluding hydrogens is 154 g/mol. The van der Waals surface area contributed by atoms with Crippen LogP contribution in [0.2, 0.25) is 0 Å². The van der Waals surface area contributed by atoms with E-state index in [0.29, 0.717) is 0 Å². The van der Waals surface area contributed by atoms with Gasteiger partial charge in [-0.15, -0.1) is 0 Å². The van der Waals surface area contributed by atoms with Gasteiger partial charge in [-0.1, -0.05) is 6.92 Å². The molecule has 0 saturated heterocycles. The highest BCUT2D eigenvalue weighted by Gasteiger charge is 2.05. The van der Waals surface area contributed by atoms with Gasteiger partial charge < -0.3 is 5.11 Å². The van der Waals surface area contributed by atoms with Crippen molar-refractivity contribution in [2.24, 2.45) is 0 Å². The first-order chi connectivity index (χ1) is 5.63. The molecule has 3 nitrogen and oxygen atoms in total. The number of aryl methyl sites for hydroxylation is 2. The van der Waals surface area contributed by atoms with Crippen LogP contribution in [-0.4, -0.2) is 16.1 Å². The summed E-state index contributed by atoms with van der Waals surface area (Å²) in [5.74, 6) is -0.964. The zero-order chi connectivity index (χ0) is 9.14. The molecule has 1 aromatic rings. The molecule has 0 atom stereocenters. The Morgan fingerprint density at radius 1 is 1.58 bits per heavy atom. The zero-order valence-corrected chi connectivity index (χ0v) is 7.16. The first kappa shape index (κ1) is 8.71. The summed E-state index contributed by atoms with van der Waals surface area (Å²) in [6.07, 6.45) is 0.837. The summed E-state index contributed by atoms with van der Waals surface area (Å²) >= 11 is 0. The number of carbonyl (C=O) groups is 1. The number of nitrogens with zero attached hydrogens (tertiary/aromatic N) is 1. The molecule has 0 amide bonds. The standard InChI is InChI=1S/C9H11NO2/c1-3-7-4-6(2)10-8(5-7)9(11)12/h4-5H,3H2,1-2H3,(H,11,12). The largest absolute Gasteiger partial charge is 0.477 e. The van der Waals surface area contributed by atoms with Crippen molar-refractivity contribution in [3.05, 3.63) is 29.1 Å². The van der Waals surface area contributed by atoms with E-state index in [1.165, 1.54) is 0 Å². The first-order valence-corrected chi connectivity index (χ1v) is 3.84. The van der Waals surface area contributed by atoms with Crippen molar-refractivity contribution in [2.45, 2.75) is 20.3 Å². The van der Waals surface area contributed by atoms with Crippen LogP contribution < -0.4 is 0 Å². The maximum absolute atomic E-state index is 10.6. The van der Waals surface area contributed by atoms with Crippen LogP contribution in [0.3, 0.4) is 0 Å². The van der Waals surface area contributed by atoms with Crippen molar-refractivity contribution < 1.29 is 9.90 Å². The molecule has 0 unspecified atom stereocenters. The summed E-state index contributed by atoms with van der Waals surface area (Å²) in [6.45, 7) is 3.78. The second kappa shape index (κ2) is 3.34. The third-order valence-corrected chi connectivity index (χ3v) is 1.64.